The van der Waals surface area contributed by atoms with Crippen molar-refractivity contribution in [3.05, 3.63) is 0 Å². The normalized spacial score (nSPS) is 12.0. The molecule has 0 aromatic heterocycles. The summed E-state index contributed by atoms with van der Waals surface area (Å²) < 4.78 is 5.64. The van der Waals surface area contributed by atoms with E-state index in [1.54, 1.807) is 0 Å². The molecule has 0 saturated carbocycles. The second-order valence-electron chi connectivity index (χ2n) is 2.72. The molecule has 0 amide bonds. The molecule has 0 saturated heterocycles. The van der Waals surface area contributed by atoms with E-state index >= 15 is 0 Å². The van der Waals surface area contributed by atoms with Crippen LogP contribution >= 0.6 is 7.49 Å². The maximum atomic E-state index is 5.64. The Morgan fingerprint density at radius 2 is 1.78 bits per heavy atom. The molecule has 0 spiro atoms. The molecule has 0 radical (unpaired) electrons. The molecule has 2 heteroatoms. The Morgan fingerprint density at radius 1 is 1.22 bits per heavy atom. The third-order valence-corrected chi connectivity index (χ3v) is 3.81. The van der Waals surface area contributed by atoms with Crippen molar-refractivity contribution in [3.8, 4) is 0 Å². The Kier molecular flexibility index (Phi) is 4.43. The zero-order valence-electron chi connectivity index (χ0n) is 6.98. The molecule has 0 atom stereocenters. The fourth-order valence-electron chi connectivity index (χ4n) is 0.430. The van der Waals surface area contributed by atoms with Crippen molar-refractivity contribution in [3.63, 3.8) is 0 Å². The van der Waals surface area contributed by atoms with Gasteiger partial charge in [-0.2, -0.15) is 0 Å². The molecule has 0 N–H and O–H groups in total. The van der Waals surface area contributed by atoms with E-state index < -0.39 is 7.49 Å². The number of hydrogen-bond donors (Lipinski definition) is 0. The molecular formula is C7H18OP+. The lowest BCUT2D eigenvalue weighted by Crippen LogP contribution is -1.98. The monoisotopic (exact) mass is 149 g/mol. The van der Waals surface area contributed by atoms with Gasteiger partial charge in [-0.25, -0.2) is 4.52 Å². The minimum Gasteiger partial charge on any atom is -0.239 e. The highest BCUT2D eigenvalue weighted by molar-refractivity contribution is 7.69. The molecule has 0 bridgehead atoms. The van der Waals surface area contributed by atoms with Gasteiger partial charge in [0, 0.05) is 0 Å². The summed E-state index contributed by atoms with van der Waals surface area (Å²) in [6.45, 7) is 9.76. The van der Waals surface area contributed by atoms with Crippen LogP contribution in [0.15, 0.2) is 0 Å². The van der Waals surface area contributed by atoms with Crippen LogP contribution in [0.3, 0.4) is 0 Å². The Balaban J connectivity index is 3.33. The first-order valence-electron chi connectivity index (χ1n) is 3.60. The number of rotatable bonds is 4. The summed E-state index contributed by atoms with van der Waals surface area (Å²) in [5.74, 6) is 0. The quantitative estimate of drug-likeness (QED) is 0.558. The van der Waals surface area contributed by atoms with Crippen molar-refractivity contribution < 1.29 is 4.52 Å². The van der Waals surface area contributed by atoms with Crippen molar-refractivity contribution in [2.75, 3.05) is 26.1 Å². The molecule has 0 aromatic carbocycles. The highest BCUT2D eigenvalue weighted by atomic mass is 31.2. The van der Waals surface area contributed by atoms with E-state index in [9.17, 15) is 0 Å². The van der Waals surface area contributed by atoms with Crippen LogP contribution in [0.5, 0.6) is 0 Å². The van der Waals surface area contributed by atoms with E-state index in [-0.39, 0.29) is 0 Å². The van der Waals surface area contributed by atoms with Gasteiger partial charge < -0.3 is 0 Å². The Bertz CT molecular complexity index is 71.3. The highest BCUT2D eigenvalue weighted by Crippen LogP contribution is 2.51. The zero-order valence-corrected chi connectivity index (χ0v) is 7.87. The van der Waals surface area contributed by atoms with Crippen molar-refractivity contribution in [2.24, 2.45) is 0 Å². The van der Waals surface area contributed by atoms with Gasteiger partial charge in [-0.05, 0) is 13.3 Å². The predicted molar refractivity (Wildman–Crippen MR) is 45.6 cm³/mol. The molecule has 0 fully saturated rings. The maximum Gasteiger partial charge on any atom is 0.139 e. The van der Waals surface area contributed by atoms with E-state index in [4.69, 9.17) is 4.52 Å². The molecule has 1 nitrogen and oxygen atoms in total. The fraction of sp³-hybridized carbons (Fsp3) is 1.00. The standard InChI is InChI=1S/C7H18OP/c1-5-7-8-9(3,4)6-2/h5-7H2,1-4H3/q+1. The second-order valence-corrected chi connectivity index (χ2v) is 6.76. The molecule has 0 aliphatic heterocycles. The summed E-state index contributed by atoms with van der Waals surface area (Å²) >= 11 is 0. The Labute approximate surface area is 59.2 Å². The van der Waals surface area contributed by atoms with Gasteiger partial charge in [0.05, 0.1) is 26.1 Å². The molecule has 56 valence electrons. The summed E-state index contributed by atoms with van der Waals surface area (Å²) in [5, 5.41) is 0. The topological polar surface area (TPSA) is 9.23 Å². The average molecular weight is 149 g/mol. The van der Waals surface area contributed by atoms with Gasteiger partial charge >= 0.3 is 0 Å². The van der Waals surface area contributed by atoms with E-state index in [2.05, 4.69) is 27.2 Å². The lowest BCUT2D eigenvalue weighted by molar-refractivity contribution is 0.345. The van der Waals surface area contributed by atoms with Crippen molar-refractivity contribution in [2.45, 2.75) is 20.3 Å². The summed E-state index contributed by atoms with van der Waals surface area (Å²) in [6, 6.07) is 0. The van der Waals surface area contributed by atoms with Gasteiger partial charge in [-0.3, -0.25) is 0 Å². The van der Waals surface area contributed by atoms with Gasteiger partial charge in [0.25, 0.3) is 0 Å². The average Bonchev–Trinajstić information content (AvgIpc) is 1.84. The molecule has 0 unspecified atom stereocenters. The lowest BCUT2D eigenvalue weighted by atomic mass is 10.5. The summed E-state index contributed by atoms with van der Waals surface area (Å²) in [7, 11) is -0.940. The second kappa shape index (κ2) is 4.24. The molecular weight excluding hydrogens is 131 g/mol. The van der Waals surface area contributed by atoms with Gasteiger partial charge in [-0.15, -0.1) is 0 Å². The fourth-order valence-corrected chi connectivity index (χ4v) is 1.29. The summed E-state index contributed by atoms with van der Waals surface area (Å²) in [6.07, 6.45) is 2.34. The zero-order chi connectivity index (χ0) is 7.33. The van der Waals surface area contributed by atoms with Crippen LogP contribution in [0, 0.1) is 0 Å². The third kappa shape index (κ3) is 4.87. The predicted octanol–water partition coefficient (Wildman–Crippen LogP) is 2.63. The third-order valence-electron chi connectivity index (χ3n) is 1.41. The van der Waals surface area contributed by atoms with E-state index in [0.29, 0.717) is 0 Å². The van der Waals surface area contributed by atoms with Crippen molar-refractivity contribution in [1.82, 2.24) is 0 Å². The van der Waals surface area contributed by atoms with Gasteiger partial charge in [0.2, 0.25) is 0 Å². The first-order valence-corrected chi connectivity index (χ1v) is 6.38. The van der Waals surface area contributed by atoms with Crippen LogP contribution in [-0.4, -0.2) is 26.1 Å². The van der Waals surface area contributed by atoms with Gasteiger partial charge in [-0.1, -0.05) is 6.92 Å². The SMILES string of the molecule is CCCO[P+](C)(C)CC. The van der Waals surface area contributed by atoms with Crippen LogP contribution < -0.4 is 0 Å². The highest BCUT2D eigenvalue weighted by Gasteiger charge is 2.22. The summed E-state index contributed by atoms with van der Waals surface area (Å²) in [4.78, 5) is 0. The van der Waals surface area contributed by atoms with Crippen LogP contribution in [0.4, 0.5) is 0 Å². The van der Waals surface area contributed by atoms with Crippen molar-refractivity contribution >= 4 is 7.49 Å². The van der Waals surface area contributed by atoms with Crippen LogP contribution in [0.1, 0.15) is 20.3 Å². The summed E-state index contributed by atoms with van der Waals surface area (Å²) in [5.41, 5.74) is 0. The van der Waals surface area contributed by atoms with E-state index in [0.717, 1.165) is 13.0 Å². The molecule has 0 aliphatic carbocycles. The molecule has 0 rings (SSSR count). The first-order chi connectivity index (χ1) is 4.12. The first kappa shape index (κ1) is 9.39. The molecule has 0 aliphatic rings. The molecule has 9 heavy (non-hydrogen) atoms. The molecule has 0 aromatic rings. The van der Waals surface area contributed by atoms with Gasteiger partial charge in [0.1, 0.15) is 7.49 Å². The Morgan fingerprint density at radius 3 is 2.11 bits per heavy atom. The minimum atomic E-state index is -0.940. The smallest absolute Gasteiger partial charge is 0.139 e. The van der Waals surface area contributed by atoms with E-state index in [1.807, 2.05) is 0 Å². The Hall–Kier alpha value is 0.390. The van der Waals surface area contributed by atoms with Crippen molar-refractivity contribution in [1.29, 1.82) is 0 Å². The van der Waals surface area contributed by atoms with E-state index in [1.165, 1.54) is 6.16 Å². The molecule has 0 heterocycles. The number of hydrogen-bond acceptors (Lipinski definition) is 1. The van der Waals surface area contributed by atoms with Crippen LogP contribution in [0.2, 0.25) is 0 Å². The van der Waals surface area contributed by atoms with Gasteiger partial charge in [0.15, 0.2) is 0 Å². The largest absolute Gasteiger partial charge is 0.239 e. The lowest BCUT2D eigenvalue weighted by Gasteiger charge is -2.13. The maximum absolute atomic E-state index is 5.64. The van der Waals surface area contributed by atoms with Crippen LogP contribution in [-0.2, 0) is 4.52 Å². The van der Waals surface area contributed by atoms with Crippen LogP contribution in [0.25, 0.3) is 0 Å². The minimum absolute atomic E-state index is 0.939.